The molecule has 5 rings (SSSR count). The third-order valence-corrected chi connectivity index (χ3v) is 5.89. The average Bonchev–Trinajstić information content (AvgIpc) is 3.35. The SMILES string of the molecule is O=C([C@@H]1C[C@H]1c1ccc(F)cc1)N1CCC[C@H]1c1ccc2c(c1)OCCO2. The zero-order valence-corrected chi connectivity index (χ0v) is 15.1. The van der Waals surface area contributed by atoms with Crippen LogP contribution in [0.4, 0.5) is 4.39 Å². The van der Waals surface area contributed by atoms with Gasteiger partial charge in [0.2, 0.25) is 5.91 Å². The third-order valence-electron chi connectivity index (χ3n) is 5.89. The second-order valence-electron chi connectivity index (χ2n) is 7.59. The van der Waals surface area contributed by atoms with Crippen LogP contribution < -0.4 is 9.47 Å². The highest BCUT2D eigenvalue weighted by Gasteiger charge is 2.47. The lowest BCUT2D eigenvalue weighted by molar-refractivity contribution is -0.133. The molecule has 2 fully saturated rings. The molecular formula is C22H22FNO3. The summed E-state index contributed by atoms with van der Waals surface area (Å²) in [6, 6.07) is 12.7. The van der Waals surface area contributed by atoms with Crippen molar-refractivity contribution in [2.75, 3.05) is 19.8 Å². The van der Waals surface area contributed by atoms with Crippen LogP contribution >= 0.6 is 0 Å². The predicted molar refractivity (Wildman–Crippen MR) is 98.4 cm³/mol. The molecule has 0 unspecified atom stereocenters. The van der Waals surface area contributed by atoms with E-state index in [2.05, 4.69) is 0 Å². The van der Waals surface area contributed by atoms with Gasteiger partial charge in [0.1, 0.15) is 19.0 Å². The van der Waals surface area contributed by atoms with Gasteiger partial charge in [0.25, 0.3) is 0 Å². The molecule has 5 heteroatoms. The Kier molecular flexibility index (Phi) is 4.03. The zero-order chi connectivity index (χ0) is 18.4. The second-order valence-corrected chi connectivity index (χ2v) is 7.59. The van der Waals surface area contributed by atoms with Crippen LogP contribution in [0.2, 0.25) is 0 Å². The Morgan fingerprint density at radius 3 is 2.56 bits per heavy atom. The second kappa shape index (κ2) is 6.55. The number of likely N-dealkylation sites (tertiary alicyclic amines) is 1. The summed E-state index contributed by atoms with van der Waals surface area (Å²) < 4.78 is 24.4. The first-order chi connectivity index (χ1) is 13.2. The molecule has 0 N–H and O–H groups in total. The van der Waals surface area contributed by atoms with Gasteiger partial charge in [-0.15, -0.1) is 0 Å². The van der Waals surface area contributed by atoms with Crippen LogP contribution in [0.1, 0.15) is 42.3 Å². The van der Waals surface area contributed by atoms with Crippen LogP contribution in [0.5, 0.6) is 11.5 Å². The number of amides is 1. The molecule has 0 radical (unpaired) electrons. The van der Waals surface area contributed by atoms with Gasteiger partial charge in [0, 0.05) is 12.5 Å². The van der Waals surface area contributed by atoms with E-state index in [0.717, 1.165) is 48.4 Å². The lowest BCUT2D eigenvalue weighted by Gasteiger charge is -2.27. The summed E-state index contributed by atoms with van der Waals surface area (Å²) in [6.07, 6.45) is 2.84. The van der Waals surface area contributed by atoms with Gasteiger partial charge >= 0.3 is 0 Å². The molecule has 2 aliphatic heterocycles. The van der Waals surface area contributed by atoms with Gasteiger partial charge in [-0.2, -0.15) is 0 Å². The van der Waals surface area contributed by atoms with E-state index in [4.69, 9.17) is 9.47 Å². The number of ether oxygens (including phenoxy) is 2. The molecule has 0 spiro atoms. The summed E-state index contributed by atoms with van der Waals surface area (Å²) in [5, 5.41) is 0. The Bertz CT molecular complexity index is 866. The van der Waals surface area contributed by atoms with Crippen molar-refractivity contribution >= 4 is 5.91 Å². The Morgan fingerprint density at radius 1 is 1.00 bits per heavy atom. The molecule has 2 aromatic rings. The molecule has 2 heterocycles. The molecule has 1 saturated heterocycles. The van der Waals surface area contributed by atoms with Crippen molar-refractivity contribution in [3.05, 3.63) is 59.4 Å². The summed E-state index contributed by atoms with van der Waals surface area (Å²) in [7, 11) is 0. The highest BCUT2D eigenvalue weighted by atomic mass is 19.1. The Hall–Kier alpha value is -2.56. The van der Waals surface area contributed by atoms with Gasteiger partial charge < -0.3 is 14.4 Å². The van der Waals surface area contributed by atoms with E-state index in [0.29, 0.717) is 13.2 Å². The molecule has 27 heavy (non-hydrogen) atoms. The molecule has 2 aromatic carbocycles. The first-order valence-corrected chi connectivity index (χ1v) is 9.66. The van der Waals surface area contributed by atoms with Crippen LogP contribution in [-0.4, -0.2) is 30.6 Å². The van der Waals surface area contributed by atoms with Gasteiger partial charge in [0.05, 0.1) is 6.04 Å². The monoisotopic (exact) mass is 367 g/mol. The molecule has 3 atom stereocenters. The van der Waals surface area contributed by atoms with Crippen molar-refractivity contribution in [1.82, 2.24) is 4.90 Å². The molecule has 3 aliphatic rings. The number of carbonyl (C=O) groups is 1. The number of benzene rings is 2. The molecule has 1 saturated carbocycles. The van der Waals surface area contributed by atoms with Gasteiger partial charge in [-0.05, 0) is 60.6 Å². The molecule has 1 amide bonds. The van der Waals surface area contributed by atoms with Crippen molar-refractivity contribution in [2.45, 2.75) is 31.2 Å². The summed E-state index contributed by atoms with van der Waals surface area (Å²) in [6.45, 7) is 1.93. The molecular weight excluding hydrogens is 345 g/mol. The zero-order valence-electron chi connectivity index (χ0n) is 15.1. The predicted octanol–water partition coefficient (Wildman–Crippen LogP) is 4.06. The Balaban J connectivity index is 1.33. The van der Waals surface area contributed by atoms with Crippen molar-refractivity contribution in [2.24, 2.45) is 5.92 Å². The quantitative estimate of drug-likeness (QED) is 0.821. The summed E-state index contributed by atoms with van der Waals surface area (Å²) >= 11 is 0. The fourth-order valence-electron chi connectivity index (χ4n) is 4.40. The average molecular weight is 367 g/mol. The Morgan fingerprint density at radius 2 is 1.74 bits per heavy atom. The summed E-state index contributed by atoms with van der Waals surface area (Å²) in [5.41, 5.74) is 2.17. The van der Waals surface area contributed by atoms with Crippen molar-refractivity contribution in [3.8, 4) is 11.5 Å². The lowest BCUT2D eigenvalue weighted by atomic mass is 10.0. The first-order valence-electron chi connectivity index (χ1n) is 9.66. The van der Waals surface area contributed by atoms with E-state index >= 15 is 0 Å². The minimum atomic E-state index is -0.236. The van der Waals surface area contributed by atoms with Crippen LogP contribution in [0, 0.1) is 11.7 Å². The van der Waals surface area contributed by atoms with E-state index < -0.39 is 0 Å². The topological polar surface area (TPSA) is 38.8 Å². The normalized spacial score (nSPS) is 26.1. The fourth-order valence-corrected chi connectivity index (χ4v) is 4.40. The number of rotatable bonds is 3. The minimum Gasteiger partial charge on any atom is -0.486 e. The number of fused-ring (bicyclic) bond motifs is 1. The summed E-state index contributed by atoms with van der Waals surface area (Å²) in [5.74, 6) is 1.78. The van der Waals surface area contributed by atoms with E-state index in [1.165, 1.54) is 12.1 Å². The third kappa shape index (κ3) is 3.05. The van der Waals surface area contributed by atoms with Gasteiger partial charge in [-0.3, -0.25) is 4.79 Å². The maximum Gasteiger partial charge on any atom is 0.226 e. The maximum atomic E-state index is 13.1. The number of hydrogen-bond acceptors (Lipinski definition) is 3. The largest absolute Gasteiger partial charge is 0.486 e. The minimum absolute atomic E-state index is 0.0215. The number of nitrogens with zero attached hydrogens (tertiary/aromatic N) is 1. The first kappa shape index (κ1) is 16.6. The lowest BCUT2D eigenvalue weighted by Crippen LogP contribution is -2.32. The fraction of sp³-hybridized carbons (Fsp3) is 0.409. The smallest absolute Gasteiger partial charge is 0.226 e. The van der Waals surface area contributed by atoms with E-state index in [1.54, 1.807) is 12.1 Å². The molecule has 140 valence electrons. The highest BCUT2D eigenvalue weighted by Crippen LogP contribution is 2.50. The maximum absolute atomic E-state index is 13.1. The van der Waals surface area contributed by atoms with Gasteiger partial charge in [-0.25, -0.2) is 4.39 Å². The van der Waals surface area contributed by atoms with Crippen LogP contribution in [-0.2, 0) is 4.79 Å². The van der Waals surface area contributed by atoms with E-state index in [-0.39, 0.29) is 29.6 Å². The van der Waals surface area contributed by atoms with Gasteiger partial charge in [0.15, 0.2) is 11.5 Å². The van der Waals surface area contributed by atoms with Crippen molar-refractivity contribution in [1.29, 1.82) is 0 Å². The van der Waals surface area contributed by atoms with Crippen LogP contribution in [0.15, 0.2) is 42.5 Å². The van der Waals surface area contributed by atoms with Crippen LogP contribution in [0.25, 0.3) is 0 Å². The van der Waals surface area contributed by atoms with Crippen molar-refractivity contribution < 1.29 is 18.7 Å². The Labute approximate surface area is 157 Å². The van der Waals surface area contributed by atoms with Crippen molar-refractivity contribution in [3.63, 3.8) is 0 Å². The van der Waals surface area contributed by atoms with E-state index in [9.17, 15) is 9.18 Å². The highest BCUT2D eigenvalue weighted by molar-refractivity contribution is 5.83. The molecule has 1 aliphatic carbocycles. The molecule has 0 aromatic heterocycles. The standard InChI is InChI=1S/C22H22FNO3/c23-16-6-3-14(4-7-16)17-13-18(17)22(25)24-9-1-2-19(24)15-5-8-20-21(12-15)27-11-10-26-20/h3-8,12,17-19H,1-2,9-11,13H2/t17-,18+,19-/m0/s1. The van der Waals surface area contributed by atoms with Gasteiger partial charge in [-0.1, -0.05) is 18.2 Å². The summed E-state index contributed by atoms with van der Waals surface area (Å²) in [4.78, 5) is 15.2. The van der Waals surface area contributed by atoms with E-state index in [1.807, 2.05) is 23.1 Å². The number of carbonyl (C=O) groups excluding carboxylic acids is 1. The number of halogens is 1. The molecule has 0 bridgehead atoms. The molecule has 4 nitrogen and oxygen atoms in total. The van der Waals surface area contributed by atoms with Crippen LogP contribution in [0.3, 0.4) is 0 Å². The number of hydrogen-bond donors (Lipinski definition) is 0.